The SMILES string of the molecule is CCNC(=O)COc1cccc(CN=C(NCC)N2CCC3(CCOC3)C2)c1.I. The van der Waals surface area contributed by atoms with E-state index in [0.29, 0.717) is 24.3 Å². The van der Waals surface area contributed by atoms with E-state index in [1.807, 2.05) is 31.2 Å². The van der Waals surface area contributed by atoms with Gasteiger partial charge >= 0.3 is 0 Å². The molecular weight excluding hydrogens is 483 g/mol. The maximum atomic E-state index is 11.6. The Morgan fingerprint density at radius 2 is 2.10 bits per heavy atom. The number of guanidine groups is 1. The van der Waals surface area contributed by atoms with Crippen LogP contribution in [-0.2, 0) is 16.1 Å². The van der Waals surface area contributed by atoms with Crippen molar-refractivity contribution in [2.75, 3.05) is 46.0 Å². The molecule has 1 atom stereocenters. The highest BCUT2D eigenvalue weighted by molar-refractivity contribution is 14.0. The molecule has 2 saturated heterocycles. The Bertz CT molecular complexity index is 692. The van der Waals surface area contributed by atoms with Gasteiger partial charge in [0, 0.05) is 38.2 Å². The molecule has 2 N–H and O–H groups in total. The Morgan fingerprint density at radius 3 is 2.83 bits per heavy atom. The maximum Gasteiger partial charge on any atom is 0.257 e. The quantitative estimate of drug-likeness (QED) is 0.331. The van der Waals surface area contributed by atoms with E-state index in [-0.39, 0.29) is 36.5 Å². The Morgan fingerprint density at radius 1 is 1.28 bits per heavy atom. The van der Waals surface area contributed by atoms with E-state index in [0.717, 1.165) is 50.8 Å². The molecule has 0 bridgehead atoms. The van der Waals surface area contributed by atoms with Crippen LogP contribution in [0.15, 0.2) is 29.3 Å². The molecule has 2 aliphatic heterocycles. The molecule has 2 aliphatic rings. The summed E-state index contributed by atoms with van der Waals surface area (Å²) in [5.74, 6) is 1.53. The van der Waals surface area contributed by atoms with Crippen LogP contribution < -0.4 is 15.4 Å². The zero-order valence-corrected chi connectivity index (χ0v) is 19.7. The van der Waals surface area contributed by atoms with Crippen LogP contribution in [0.1, 0.15) is 32.3 Å². The number of hydrogen-bond donors (Lipinski definition) is 2. The fraction of sp³-hybridized carbons (Fsp3) is 0.619. The van der Waals surface area contributed by atoms with Gasteiger partial charge in [-0.3, -0.25) is 4.79 Å². The third-order valence-corrected chi connectivity index (χ3v) is 5.31. The maximum absolute atomic E-state index is 11.6. The summed E-state index contributed by atoms with van der Waals surface area (Å²) < 4.78 is 11.2. The normalized spacial score (nSPS) is 21.2. The fourth-order valence-corrected chi connectivity index (χ4v) is 3.81. The average molecular weight is 516 g/mol. The first-order valence-corrected chi connectivity index (χ1v) is 10.2. The molecule has 2 heterocycles. The molecular formula is C21H33IN4O3. The van der Waals surface area contributed by atoms with Crippen molar-refractivity contribution in [1.29, 1.82) is 0 Å². The van der Waals surface area contributed by atoms with Crippen molar-refractivity contribution in [2.45, 2.75) is 33.2 Å². The van der Waals surface area contributed by atoms with Crippen molar-refractivity contribution < 1.29 is 14.3 Å². The largest absolute Gasteiger partial charge is 0.484 e. The van der Waals surface area contributed by atoms with Crippen LogP contribution in [0.5, 0.6) is 5.75 Å². The first-order valence-electron chi connectivity index (χ1n) is 10.2. The molecule has 1 aromatic carbocycles. The monoisotopic (exact) mass is 516 g/mol. The van der Waals surface area contributed by atoms with Crippen LogP contribution in [0.25, 0.3) is 0 Å². The topological polar surface area (TPSA) is 75.2 Å². The molecule has 7 nitrogen and oxygen atoms in total. The molecule has 8 heteroatoms. The summed E-state index contributed by atoms with van der Waals surface area (Å²) in [6.07, 6.45) is 2.31. The van der Waals surface area contributed by atoms with Gasteiger partial charge in [0.25, 0.3) is 5.91 Å². The number of likely N-dealkylation sites (N-methyl/N-ethyl adjacent to an activating group) is 1. The van der Waals surface area contributed by atoms with Crippen LogP contribution in [0.3, 0.4) is 0 Å². The first-order chi connectivity index (χ1) is 13.6. The lowest BCUT2D eigenvalue weighted by atomic mass is 9.87. The lowest BCUT2D eigenvalue weighted by molar-refractivity contribution is -0.122. The smallest absolute Gasteiger partial charge is 0.257 e. The van der Waals surface area contributed by atoms with Crippen molar-refractivity contribution >= 4 is 35.8 Å². The average Bonchev–Trinajstić information content (AvgIpc) is 3.34. The van der Waals surface area contributed by atoms with E-state index in [1.165, 1.54) is 6.42 Å². The molecule has 29 heavy (non-hydrogen) atoms. The van der Waals surface area contributed by atoms with Gasteiger partial charge in [-0.15, -0.1) is 24.0 Å². The Labute approximate surface area is 190 Å². The van der Waals surface area contributed by atoms with E-state index in [1.54, 1.807) is 0 Å². The highest BCUT2D eigenvalue weighted by Gasteiger charge is 2.42. The van der Waals surface area contributed by atoms with E-state index < -0.39 is 0 Å². The van der Waals surface area contributed by atoms with Gasteiger partial charge in [0.1, 0.15) is 5.75 Å². The van der Waals surface area contributed by atoms with Gasteiger partial charge in [0.2, 0.25) is 0 Å². The number of halogens is 1. The number of carbonyl (C=O) groups excluding carboxylic acids is 1. The molecule has 0 aromatic heterocycles. The molecule has 0 radical (unpaired) electrons. The second-order valence-corrected chi connectivity index (χ2v) is 7.53. The molecule has 1 aromatic rings. The second-order valence-electron chi connectivity index (χ2n) is 7.53. The number of amides is 1. The number of aliphatic imine (C=N–C) groups is 1. The molecule has 1 spiro atoms. The minimum Gasteiger partial charge on any atom is -0.484 e. The lowest BCUT2D eigenvalue weighted by Crippen LogP contribution is -2.41. The van der Waals surface area contributed by atoms with Gasteiger partial charge in [0.05, 0.1) is 13.2 Å². The second kappa shape index (κ2) is 11.6. The minimum atomic E-state index is -0.112. The minimum absolute atomic E-state index is 0. The van der Waals surface area contributed by atoms with Crippen molar-refractivity contribution in [1.82, 2.24) is 15.5 Å². The molecule has 0 saturated carbocycles. The number of ether oxygens (including phenoxy) is 2. The summed E-state index contributed by atoms with van der Waals surface area (Å²) in [5, 5.41) is 6.15. The fourth-order valence-electron chi connectivity index (χ4n) is 3.81. The molecule has 3 rings (SSSR count). The van der Waals surface area contributed by atoms with Crippen molar-refractivity contribution in [3.8, 4) is 5.75 Å². The molecule has 2 fully saturated rings. The Balaban J connectivity index is 0.00000300. The molecule has 1 unspecified atom stereocenters. The summed E-state index contributed by atoms with van der Waals surface area (Å²) in [6.45, 7) is 9.80. The van der Waals surface area contributed by atoms with E-state index in [9.17, 15) is 4.79 Å². The highest BCUT2D eigenvalue weighted by atomic mass is 127. The van der Waals surface area contributed by atoms with Crippen LogP contribution in [0.2, 0.25) is 0 Å². The van der Waals surface area contributed by atoms with Crippen molar-refractivity contribution in [3.63, 3.8) is 0 Å². The zero-order chi connectivity index (χ0) is 19.8. The van der Waals surface area contributed by atoms with Gasteiger partial charge in [-0.2, -0.15) is 0 Å². The van der Waals surface area contributed by atoms with Gasteiger partial charge in [-0.1, -0.05) is 12.1 Å². The van der Waals surface area contributed by atoms with Gasteiger partial charge in [0.15, 0.2) is 12.6 Å². The number of rotatable bonds is 7. The predicted molar refractivity (Wildman–Crippen MR) is 125 cm³/mol. The Hall–Kier alpha value is -1.55. The number of likely N-dealkylation sites (tertiary alicyclic amines) is 1. The van der Waals surface area contributed by atoms with E-state index >= 15 is 0 Å². The van der Waals surface area contributed by atoms with Crippen molar-refractivity contribution in [3.05, 3.63) is 29.8 Å². The van der Waals surface area contributed by atoms with Gasteiger partial charge in [-0.25, -0.2) is 4.99 Å². The van der Waals surface area contributed by atoms with E-state index in [4.69, 9.17) is 14.5 Å². The van der Waals surface area contributed by atoms with Crippen LogP contribution in [0.4, 0.5) is 0 Å². The summed E-state index contributed by atoms with van der Waals surface area (Å²) in [6, 6.07) is 7.78. The number of nitrogens with one attached hydrogen (secondary N) is 2. The third-order valence-electron chi connectivity index (χ3n) is 5.31. The predicted octanol–water partition coefficient (Wildman–Crippen LogP) is 2.40. The van der Waals surface area contributed by atoms with Crippen LogP contribution in [-0.4, -0.2) is 62.8 Å². The summed E-state index contributed by atoms with van der Waals surface area (Å²) in [5.41, 5.74) is 1.37. The molecule has 1 amide bonds. The molecule has 162 valence electrons. The lowest BCUT2D eigenvalue weighted by Gasteiger charge is -2.25. The number of benzene rings is 1. The number of hydrogen-bond acceptors (Lipinski definition) is 4. The summed E-state index contributed by atoms with van der Waals surface area (Å²) in [7, 11) is 0. The first kappa shape index (κ1) is 23.7. The van der Waals surface area contributed by atoms with Crippen LogP contribution >= 0.6 is 24.0 Å². The van der Waals surface area contributed by atoms with E-state index in [2.05, 4.69) is 22.5 Å². The standard InChI is InChI=1S/C21H32N4O3.HI/c1-3-22-19(26)14-28-18-7-5-6-17(12-18)13-24-20(23-4-2)25-10-8-21(15-25)9-11-27-16-21;/h5-7,12H,3-4,8-11,13-16H2,1-2H3,(H,22,26)(H,23,24);1H. The van der Waals surface area contributed by atoms with Gasteiger partial charge in [-0.05, 0) is 44.4 Å². The van der Waals surface area contributed by atoms with Crippen molar-refractivity contribution in [2.24, 2.45) is 10.4 Å². The number of carbonyl (C=O) groups is 1. The summed E-state index contributed by atoms with van der Waals surface area (Å²) in [4.78, 5) is 18.8. The highest BCUT2D eigenvalue weighted by Crippen LogP contribution is 2.38. The third kappa shape index (κ3) is 6.74. The molecule has 0 aliphatic carbocycles. The summed E-state index contributed by atoms with van der Waals surface area (Å²) >= 11 is 0. The van der Waals surface area contributed by atoms with Gasteiger partial charge < -0.3 is 25.0 Å². The number of nitrogens with zero attached hydrogens (tertiary/aromatic N) is 2. The Kier molecular flexibility index (Phi) is 9.48. The zero-order valence-electron chi connectivity index (χ0n) is 17.4. The van der Waals surface area contributed by atoms with Crippen LogP contribution in [0, 0.1) is 5.41 Å².